The lowest BCUT2D eigenvalue weighted by atomic mass is 9.73. The molecule has 0 aromatic carbocycles. The number of hydrogen-bond acceptors (Lipinski definition) is 8. The van der Waals surface area contributed by atoms with Crippen molar-refractivity contribution in [1.82, 2.24) is 0 Å². The van der Waals surface area contributed by atoms with Crippen LogP contribution in [0.25, 0.3) is 0 Å². The number of esters is 2. The Morgan fingerprint density at radius 1 is 1.24 bits per heavy atom. The molecule has 7 atom stereocenters. The number of ketones is 1. The fourth-order valence-electron chi connectivity index (χ4n) is 5.53. The Labute approximate surface area is 202 Å². The minimum absolute atomic E-state index is 0.00548. The second-order valence-corrected chi connectivity index (χ2v) is 10.7. The molecule has 0 aromatic rings. The van der Waals surface area contributed by atoms with Crippen LogP contribution >= 0.6 is 0 Å². The van der Waals surface area contributed by atoms with E-state index in [0.717, 1.165) is 25.7 Å². The highest BCUT2D eigenvalue weighted by atomic mass is 16.6. The second kappa shape index (κ2) is 10.9. The fourth-order valence-corrected chi connectivity index (χ4v) is 5.53. The molecule has 0 bridgehead atoms. The Balaban J connectivity index is 2.00. The zero-order chi connectivity index (χ0) is 25.1. The monoisotopic (exact) mass is 480 g/mol. The van der Waals surface area contributed by atoms with E-state index in [-0.39, 0.29) is 31.3 Å². The average molecular weight is 481 g/mol. The van der Waals surface area contributed by atoms with E-state index < -0.39 is 47.0 Å². The predicted octanol–water partition coefficient (Wildman–Crippen LogP) is 3.02. The fraction of sp³-hybridized carbons (Fsp3) is 0.808. The molecule has 1 aliphatic carbocycles. The Hall–Kier alpha value is -1.77. The van der Waals surface area contributed by atoms with Crippen molar-refractivity contribution in [3.05, 3.63) is 11.6 Å². The topological polar surface area (TPSA) is 119 Å². The number of aliphatic hydroxyl groups is 2. The van der Waals surface area contributed by atoms with Gasteiger partial charge in [-0.1, -0.05) is 18.6 Å². The van der Waals surface area contributed by atoms with E-state index in [2.05, 4.69) is 0 Å². The first kappa shape index (κ1) is 26.8. The lowest BCUT2D eigenvalue weighted by molar-refractivity contribution is -0.167. The number of carbonyl (C=O) groups excluding carboxylic acids is 3. The molecule has 0 spiro atoms. The summed E-state index contributed by atoms with van der Waals surface area (Å²) in [6, 6.07) is 0. The smallest absolute Gasteiger partial charge is 0.339 e. The van der Waals surface area contributed by atoms with Crippen molar-refractivity contribution in [2.24, 2.45) is 11.8 Å². The van der Waals surface area contributed by atoms with E-state index in [1.54, 1.807) is 0 Å². The lowest BCUT2D eigenvalue weighted by Crippen LogP contribution is -2.50. The number of carbonyl (C=O) groups is 3. The SMILES string of the molecule is CC(=O)O[C@H]1[C@@H]2OC(=O)[C@@](O)(CC3CCCO3)[C@@H]2CC(=O)[C@](C)(O)CC/C=C(\C)CCC[C@@H]1C. The summed E-state index contributed by atoms with van der Waals surface area (Å²) in [5.74, 6) is -2.94. The molecule has 8 nitrogen and oxygen atoms in total. The summed E-state index contributed by atoms with van der Waals surface area (Å²) in [6.07, 6.45) is 4.40. The molecule has 0 saturated carbocycles. The standard InChI is InChI=1S/C26H40O8/c1-16-8-5-10-17(2)22(33-18(3)27)23-20(14-21(28)25(4,30)12-6-9-16)26(31,24(29)34-23)15-19-11-7-13-32-19/h9,17,19-20,22-23,30-31H,5-8,10-15H2,1-4H3/b16-9+/t17-,19?,20+,22+,23+,25+,26+/m0/s1. The van der Waals surface area contributed by atoms with E-state index in [0.29, 0.717) is 19.4 Å². The molecule has 2 N–H and O–H groups in total. The summed E-state index contributed by atoms with van der Waals surface area (Å²) in [7, 11) is 0. The highest BCUT2D eigenvalue weighted by molar-refractivity contribution is 5.89. The van der Waals surface area contributed by atoms with Gasteiger partial charge in [0.2, 0.25) is 0 Å². The zero-order valence-corrected chi connectivity index (χ0v) is 20.9. The number of Topliss-reactive ketones (excluding diaryl/α,β-unsaturated/α-hetero) is 1. The predicted molar refractivity (Wildman–Crippen MR) is 124 cm³/mol. The van der Waals surface area contributed by atoms with Crippen molar-refractivity contribution in [2.45, 2.75) is 115 Å². The van der Waals surface area contributed by atoms with Crippen molar-refractivity contribution in [3.63, 3.8) is 0 Å². The maximum Gasteiger partial charge on any atom is 0.339 e. The Morgan fingerprint density at radius 2 is 1.97 bits per heavy atom. The summed E-state index contributed by atoms with van der Waals surface area (Å²) < 4.78 is 17.0. The molecule has 192 valence electrons. The van der Waals surface area contributed by atoms with Crippen LogP contribution in [0.1, 0.15) is 85.5 Å². The number of fused-ring (bicyclic) bond motifs is 1. The van der Waals surface area contributed by atoms with Crippen LogP contribution in [0.5, 0.6) is 0 Å². The van der Waals surface area contributed by atoms with Crippen molar-refractivity contribution >= 4 is 17.7 Å². The summed E-state index contributed by atoms with van der Waals surface area (Å²) in [4.78, 5) is 38.4. The first-order valence-electron chi connectivity index (χ1n) is 12.6. The minimum atomic E-state index is -1.96. The van der Waals surface area contributed by atoms with Crippen LogP contribution in [-0.2, 0) is 28.6 Å². The second-order valence-electron chi connectivity index (χ2n) is 10.7. The van der Waals surface area contributed by atoms with Gasteiger partial charge < -0.3 is 24.4 Å². The van der Waals surface area contributed by atoms with Crippen LogP contribution in [0, 0.1) is 11.8 Å². The molecule has 2 saturated heterocycles. The Bertz CT molecular complexity index is 797. The third kappa shape index (κ3) is 6.07. The zero-order valence-electron chi connectivity index (χ0n) is 20.9. The first-order valence-corrected chi connectivity index (χ1v) is 12.6. The van der Waals surface area contributed by atoms with Crippen molar-refractivity contribution in [3.8, 4) is 0 Å². The van der Waals surface area contributed by atoms with Gasteiger partial charge in [0.25, 0.3) is 0 Å². The maximum absolute atomic E-state index is 13.3. The molecule has 0 amide bonds. The van der Waals surface area contributed by atoms with Crippen LogP contribution in [0.3, 0.4) is 0 Å². The summed E-state index contributed by atoms with van der Waals surface area (Å²) in [5, 5.41) is 22.6. The average Bonchev–Trinajstić information content (AvgIpc) is 3.33. The third-order valence-electron chi connectivity index (χ3n) is 7.72. The normalized spacial score (nSPS) is 41.7. The molecule has 2 aliphatic heterocycles. The van der Waals surface area contributed by atoms with Gasteiger partial charge in [0, 0.05) is 32.3 Å². The van der Waals surface area contributed by atoms with E-state index in [1.807, 2.05) is 19.9 Å². The number of ether oxygens (including phenoxy) is 3. The van der Waals surface area contributed by atoms with Gasteiger partial charge in [0.15, 0.2) is 11.4 Å². The molecule has 34 heavy (non-hydrogen) atoms. The number of rotatable bonds is 3. The quantitative estimate of drug-likeness (QED) is 0.467. The van der Waals surface area contributed by atoms with Crippen molar-refractivity contribution in [2.75, 3.05) is 6.61 Å². The summed E-state index contributed by atoms with van der Waals surface area (Å²) >= 11 is 0. The Kier molecular flexibility index (Phi) is 8.58. The molecule has 3 aliphatic rings. The molecule has 2 fully saturated rings. The van der Waals surface area contributed by atoms with Crippen LogP contribution in [0.4, 0.5) is 0 Å². The molecule has 0 aromatic heterocycles. The van der Waals surface area contributed by atoms with Gasteiger partial charge in [-0.05, 0) is 64.7 Å². The highest BCUT2D eigenvalue weighted by Crippen LogP contribution is 2.44. The molecular formula is C26H40O8. The van der Waals surface area contributed by atoms with Crippen LogP contribution in [0.15, 0.2) is 11.6 Å². The lowest BCUT2D eigenvalue weighted by Gasteiger charge is -2.35. The minimum Gasteiger partial charge on any atom is -0.458 e. The van der Waals surface area contributed by atoms with E-state index in [9.17, 15) is 24.6 Å². The molecule has 1 unspecified atom stereocenters. The molecular weight excluding hydrogens is 440 g/mol. The van der Waals surface area contributed by atoms with Gasteiger partial charge >= 0.3 is 11.9 Å². The number of allylic oxidation sites excluding steroid dienone is 2. The number of hydrogen-bond donors (Lipinski definition) is 2. The molecule has 3 rings (SSSR count). The van der Waals surface area contributed by atoms with Gasteiger partial charge in [0.05, 0.1) is 6.10 Å². The highest BCUT2D eigenvalue weighted by Gasteiger charge is 2.61. The summed E-state index contributed by atoms with van der Waals surface area (Å²) in [5.41, 5.74) is -2.41. The van der Waals surface area contributed by atoms with Crippen LogP contribution in [0.2, 0.25) is 0 Å². The largest absolute Gasteiger partial charge is 0.458 e. The van der Waals surface area contributed by atoms with E-state index >= 15 is 0 Å². The maximum atomic E-state index is 13.3. The first-order chi connectivity index (χ1) is 15.9. The molecule has 2 heterocycles. The molecule has 0 radical (unpaired) electrons. The van der Waals surface area contributed by atoms with Crippen molar-refractivity contribution in [1.29, 1.82) is 0 Å². The Morgan fingerprint density at radius 3 is 2.62 bits per heavy atom. The molecule has 8 heteroatoms. The van der Waals surface area contributed by atoms with Gasteiger partial charge in [-0.3, -0.25) is 9.59 Å². The summed E-state index contributed by atoms with van der Waals surface area (Å²) in [6.45, 7) is 7.28. The van der Waals surface area contributed by atoms with Crippen LogP contribution in [-0.4, -0.2) is 64.1 Å². The van der Waals surface area contributed by atoms with E-state index in [4.69, 9.17) is 14.2 Å². The van der Waals surface area contributed by atoms with E-state index in [1.165, 1.54) is 19.4 Å². The third-order valence-corrected chi connectivity index (χ3v) is 7.72. The van der Waals surface area contributed by atoms with Gasteiger partial charge in [-0.15, -0.1) is 0 Å². The van der Waals surface area contributed by atoms with Gasteiger partial charge in [-0.2, -0.15) is 0 Å². The van der Waals surface area contributed by atoms with Crippen molar-refractivity contribution < 1.29 is 38.8 Å². The van der Waals surface area contributed by atoms with Gasteiger partial charge in [0.1, 0.15) is 17.8 Å². The van der Waals surface area contributed by atoms with Crippen LogP contribution < -0.4 is 0 Å². The van der Waals surface area contributed by atoms with Gasteiger partial charge in [-0.25, -0.2) is 4.79 Å².